The molecule has 0 saturated carbocycles. The van der Waals surface area contributed by atoms with Crippen LogP contribution in [0.5, 0.6) is 0 Å². The van der Waals surface area contributed by atoms with Crippen molar-refractivity contribution in [1.82, 2.24) is 5.43 Å². The van der Waals surface area contributed by atoms with Crippen LogP contribution in [0.3, 0.4) is 0 Å². The Morgan fingerprint density at radius 2 is 2.00 bits per heavy atom. The van der Waals surface area contributed by atoms with E-state index in [0.29, 0.717) is 12.3 Å². The minimum atomic E-state index is -0.376. The van der Waals surface area contributed by atoms with E-state index in [1.807, 2.05) is 20.8 Å². The molecular weight excluding hydrogens is 168 g/mol. The van der Waals surface area contributed by atoms with Crippen molar-refractivity contribution in [2.75, 3.05) is 6.61 Å². The minimum absolute atomic E-state index is 0.131. The normalized spacial score (nSPS) is 12.5. The number of esters is 1. The molecule has 76 valence electrons. The van der Waals surface area contributed by atoms with Gasteiger partial charge in [0.1, 0.15) is 5.71 Å². The molecule has 0 spiro atoms. The van der Waals surface area contributed by atoms with Gasteiger partial charge in [0.15, 0.2) is 0 Å². The first-order valence-corrected chi connectivity index (χ1v) is 4.35. The summed E-state index contributed by atoms with van der Waals surface area (Å²) in [6.07, 6.45) is 0. The zero-order chi connectivity index (χ0) is 10.5. The molecule has 0 aromatic rings. The summed E-state index contributed by atoms with van der Waals surface area (Å²) >= 11 is 0. The Bertz CT molecular complexity index is 204. The van der Waals surface area contributed by atoms with Crippen molar-refractivity contribution in [2.45, 2.75) is 40.2 Å². The summed E-state index contributed by atoms with van der Waals surface area (Å²) in [5.74, 6) is -0.376. The summed E-state index contributed by atoms with van der Waals surface area (Å²) in [5, 5.41) is 3.91. The molecule has 4 heteroatoms. The van der Waals surface area contributed by atoms with Gasteiger partial charge in [0, 0.05) is 5.54 Å². The topological polar surface area (TPSA) is 50.7 Å². The summed E-state index contributed by atoms with van der Waals surface area (Å²) in [6.45, 7) is 9.67. The Hall–Kier alpha value is -1.06. The number of nitrogens with one attached hydrogen (secondary N) is 1. The lowest BCUT2D eigenvalue weighted by Crippen LogP contribution is -2.33. The second kappa shape index (κ2) is 4.84. The SMILES string of the molecule is CCOC(=O)/C(C)=N\NC(C)(C)C. The Balaban J connectivity index is 4.09. The van der Waals surface area contributed by atoms with E-state index >= 15 is 0 Å². The molecule has 0 saturated heterocycles. The number of nitrogens with zero attached hydrogens (tertiary/aromatic N) is 1. The molecule has 4 nitrogen and oxygen atoms in total. The number of hydrogen-bond acceptors (Lipinski definition) is 4. The molecule has 0 radical (unpaired) electrons. The minimum Gasteiger partial charge on any atom is -0.461 e. The van der Waals surface area contributed by atoms with Crippen molar-refractivity contribution in [3.8, 4) is 0 Å². The Morgan fingerprint density at radius 3 is 2.38 bits per heavy atom. The Kier molecular flexibility index (Phi) is 4.45. The van der Waals surface area contributed by atoms with Crippen molar-refractivity contribution < 1.29 is 9.53 Å². The van der Waals surface area contributed by atoms with Crippen molar-refractivity contribution in [3.05, 3.63) is 0 Å². The number of carbonyl (C=O) groups is 1. The lowest BCUT2D eigenvalue weighted by molar-refractivity contribution is -0.135. The van der Waals surface area contributed by atoms with E-state index in [0.717, 1.165) is 0 Å². The third kappa shape index (κ3) is 6.13. The maximum absolute atomic E-state index is 11.1. The Labute approximate surface area is 79.3 Å². The smallest absolute Gasteiger partial charge is 0.354 e. The highest BCUT2D eigenvalue weighted by Crippen LogP contribution is 1.98. The van der Waals surface area contributed by atoms with Gasteiger partial charge >= 0.3 is 5.97 Å². The van der Waals surface area contributed by atoms with Crippen LogP contribution in [0.15, 0.2) is 5.10 Å². The largest absolute Gasteiger partial charge is 0.461 e. The molecule has 0 aliphatic carbocycles. The standard InChI is InChI=1S/C9H18N2O2/c1-6-13-8(12)7(2)10-11-9(3,4)5/h11H,6H2,1-5H3/b10-7-. The fourth-order valence-corrected chi connectivity index (χ4v) is 0.533. The molecule has 0 bridgehead atoms. The molecule has 0 unspecified atom stereocenters. The summed E-state index contributed by atoms with van der Waals surface area (Å²) in [7, 11) is 0. The summed E-state index contributed by atoms with van der Waals surface area (Å²) < 4.78 is 4.76. The van der Waals surface area contributed by atoms with E-state index in [-0.39, 0.29) is 11.5 Å². The number of hydrazone groups is 1. The second-order valence-electron chi connectivity index (χ2n) is 3.78. The molecule has 0 atom stereocenters. The first-order valence-electron chi connectivity index (χ1n) is 4.35. The molecule has 1 N–H and O–H groups in total. The summed E-state index contributed by atoms with van der Waals surface area (Å²) in [4.78, 5) is 11.1. The van der Waals surface area contributed by atoms with Gasteiger partial charge < -0.3 is 10.2 Å². The average Bonchev–Trinajstić information content (AvgIpc) is 1.99. The number of carbonyl (C=O) groups excluding carboxylic acids is 1. The molecular formula is C9H18N2O2. The van der Waals surface area contributed by atoms with Gasteiger partial charge in [-0.2, -0.15) is 5.10 Å². The van der Waals surface area contributed by atoms with E-state index in [1.165, 1.54) is 0 Å². The number of hydrogen-bond donors (Lipinski definition) is 1. The quantitative estimate of drug-likeness (QED) is 0.411. The van der Waals surface area contributed by atoms with Gasteiger partial charge in [-0.3, -0.25) is 0 Å². The number of ether oxygens (including phenoxy) is 1. The van der Waals surface area contributed by atoms with Gasteiger partial charge in [-0.05, 0) is 34.6 Å². The van der Waals surface area contributed by atoms with Crippen LogP contribution >= 0.6 is 0 Å². The van der Waals surface area contributed by atoms with Crippen molar-refractivity contribution in [2.24, 2.45) is 5.10 Å². The van der Waals surface area contributed by atoms with E-state index in [2.05, 4.69) is 10.5 Å². The third-order valence-electron chi connectivity index (χ3n) is 1.13. The van der Waals surface area contributed by atoms with Gasteiger partial charge in [0.25, 0.3) is 0 Å². The molecule has 0 aliphatic rings. The van der Waals surface area contributed by atoms with Crippen molar-refractivity contribution >= 4 is 11.7 Å². The molecule has 0 aromatic heterocycles. The van der Waals surface area contributed by atoms with Gasteiger partial charge in [-0.15, -0.1) is 0 Å². The van der Waals surface area contributed by atoms with Crippen LogP contribution < -0.4 is 5.43 Å². The van der Waals surface area contributed by atoms with Crippen LogP contribution in [0, 0.1) is 0 Å². The lowest BCUT2D eigenvalue weighted by Gasteiger charge is -2.17. The molecule has 0 aromatic carbocycles. The fourth-order valence-electron chi connectivity index (χ4n) is 0.533. The first kappa shape index (κ1) is 11.9. The highest BCUT2D eigenvalue weighted by atomic mass is 16.5. The monoisotopic (exact) mass is 186 g/mol. The van der Waals surface area contributed by atoms with Crippen molar-refractivity contribution in [1.29, 1.82) is 0 Å². The maximum Gasteiger partial charge on any atom is 0.354 e. The van der Waals surface area contributed by atoms with Gasteiger partial charge in [-0.1, -0.05) is 0 Å². The summed E-state index contributed by atoms with van der Waals surface area (Å²) in [6, 6.07) is 0. The van der Waals surface area contributed by atoms with Gasteiger partial charge in [0.05, 0.1) is 6.61 Å². The molecule has 0 fully saturated rings. The predicted molar refractivity (Wildman–Crippen MR) is 52.6 cm³/mol. The lowest BCUT2D eigenvalue weighted by atomic mass is 10.1. The first-order chi connectivity index (χ1) is 5.87. The predicted octanol–water partition coefficient (Wildman–Crippen LogP) is 1.31. The second-order valence-corrected chi connectivity index (χ2v) is 3.78. The van der Waals surface area contributed by atoms with Gasteiger partial charge in [0.2, 0.25) is 0 Å². The van der Waals surface area contributed by atoms with E-state index in [9.17, 15) is 4.79 Å². The summed E-state index contributed by atoms with van der Waals surface area (Å²) in [5.41, 5.74) is 3.06. The third-order valence-corrected chi connectivity index (χ3v) is 1.13. The van der Waals surface area contributed by atoms with Crippen LogP contribution in [0.1, 0.15) is 34.6 Å². The Morgan fingerprint density at radius 1 is 1.46 bits per heavy atom. The van der Waals surface area contributed by atoms with E-state index < -0.39 is 0 Å². The zero-order valence-corrected chi connectivity index (χ0v) is 8.97. The fraction of sp³-hybridized carbons (Fsp3) is 0.778. The van der Waals surface area contributed by atoms with Crippen LogP contribution in [0.4, 0.5) is 0 Å². The number of rotatable bonds is 3. The highest BCUT2D eigenvalue weighted by Gasteiger charge is 2.10. The van der Waals surface area contributed by atoms with E-state index in [1.54, 1.807) is 13.8 Å². The van der Waals surface area contributed by atoms with Crippen LogP contribution in [-0.4, -0.2) is 23.8 Å². The molecule has 0 aliphatic heterocycles. The molecule has 0 heterocycles. The van der Waals surface area contributed by atoms with Crippen LogP contribution in [0.2, 0.25) is 0 Å². The van der Waals surface area contributed by atoms with Crippen LogP contribution in [-0.2, 0) is 9.53 Å². The molecule has 13 heavy (non-hydrogen) atoms. The average molecular weight is 186 g/mol. The van der Waals surface area contributed by atoms with Crippen molar-refractivity contribution in [3.63, 3.8) is 0 Å². The highest BCUT2D eigenvalue weighted by molar-refractivity contribution is 6.35. The molecule has 0 rings (SSSR count). The molecule has 0 amide bonds. The zero-order valence-electron chi connectivity index (χ0n) is 8.97. The maximum atomic E-state index is 11.1. The van der Waals surface area contributed by atoms with E-state index in [4.69, 9.17) is 4.74 Å². The van der Waals surface area contributed by atoms with Gasteiger partial charge in [-0.25, -0.2) is 4.79 Å². The van der Waals surface area contributed by atoms with Crippen LogP contribution in [0.25, 0.3) is 0 Å².